The van der Waals surface area contributed by atoms with Crippen LogP contribution in [0.3, 0.4) is 0 Å². The van der Waals surface area contributed by atoms with Gasteiger partial charge in [0.15, 0.2) is 0 Å². The lowest BCUT2D eigenvalue weighted by molar-refractivity contribution is 0.608. The van der Waals surface area contributed by atoms with E-state index < -0.39 is 0 Å². The van der Waals surface area contributed by atoms with E-state index in [1.54, 1.807) is 24.6 Å². The molecule has 0 amide bonds. The second-order valence-electron chi connectivity index (χ2n) is 3.38. The lowest BCUT2D eigenvalue weighted by Gasteiger charge is -1.97. The molecule has 4 heteroatoms. The standard InChI is InChI=1S/C12H7N3O/c13-7-9-1-3-10(4-2-9)12-14-8-11-15(12)5-6-16-11/h1-6,8H. The zero-order chi connectivity index (χ0) is 11.0. The highest BCUT2D eigenvalue weighted by Crippen LogP contribution is 2.20. The number of oxazole rings is 1. The summed E-state index contributed by atoms with van der Waals surface area (Å²) in [6.45, 7) is 0. The molecule has 3 rings (SSSR count). The maximum Gasteiger partial charge on any atom is 0.223 e. The Bertz CT molecular complexity index is 670. The summed E-state index contributed by atoms with van der Waals surface area (Å²) < 4.78 is 7.08. The van der Waals surface area contributed by atoms with Gasteiger partial charge in [-0.05, 0) is 24.3 Å². The first-order valence-electron chi connectivity index (χ1n) is 4.79. The predicted octanol–water partition coefficient (Wildman–Crippen LogP) is 2.47. The molecule has 0 fully saturated rings. The molecule has 0 atom stereocenters. The van der Waals surface area contributed by atoms with Crippen LogP contribution < -0.4 is 0 Å². The van der Waals surface area contributed by atoms with Crippen LogP contribution in [0, 0.1) is 11.3 Å². The first kappa shape index (κ1) is 8.74. The van der Waals surface area contributed by atoms with Crippen molar-refractivity contribution in [1.29, 1.82) is 5.26 Å². The van der Waals surface area contributed by atoms with Crippen molar-refractivity contribution in [2.45, 2.75) is 0 Å². The lowest BCUT2D eigenvalue weighted by atomic mass is 10.1. The number of imidazole rings is 1. The van der Waals surface area contributed by atoms with E-state index in [-0.39, 0.29) is 0 Å². The minimum Gasteiger partial charge on any atom is -0.445 e. The number of benzene rings is 1. The highest BCUT2D eigenvalue weighted by molar-refractivity contribution is 5.60. The normalized spacial score (nSPS) is 10.4. The van der Waals surface area contributed by atoms with Gasteiger partial charge in [0, 0.05) is 11.8 Å². The van der Waals surface area contributed by atoms with E-state index in [0.717, 1.165) is 11.4 Å². The molecule has 0 saturated heterocycles. The van der Waals surface area contributed by atoms with Crippen LogP contribution in [-0.4, -0.2) is 9.38 Å². The van der Waals surface area contributed by atoms with Gasteiger partial charge in [-0.15, -0.1) is 0 Å². The third kappa shape index (κ3) is 1.19. The Morgan fingerprint density at radius 3 is 2.81 bits per heavy atom. The first-order valence-corrected chi connectivity index (χ1v) is 4.79. The zero-order valence-corrected chi connectivity index (χ0v) is 8.29. The summed E-state index contributed by atoms with van der Waals surface area (Å²) in [5, 5.41) is 8.71. The Morgan fingerprint density at radius 1 is 1.25 bits per heavy atom. The fourth-order valence-electron chi connectivity index (χ4n) is 1.64. The number of nitriles is 1. The molecule has 3 aromatic rings. The summed E-state index contributed by atoms with van der Waals surface area (Å²) in [7, 11) is 0. The quantitative estimate of drug-likeness (QED) is 0.618. The van der Waals surface area contributed by atoms with Gasteiger partial charge in [-0.2, -0.15) is 5.26 Å². The highest BCUT2D eigenvalue weighted by atomic mass is 16.3. The van der Waals surface area contributed by atoms with E-state index >= 15 is 0 Å². The van der Waals surface area contributed by atoms with Gasteiger partial charge in [-0.1, -0.05) is 0 Å². The Labute approximate surface area is 91.4 Å². The first-order chi connectivity index (χ1) is 7.88. The third-order valence-corrected chi connectivity index (χ3v) is 2.43. The van der Waals surface area contributed by atoms with E-state index in [4.69, 9.17) is 9.68 Å². The predicted molar refractivity (Wildman–Crippen MR) is 57.6 cm³/mol. The summed E-state index contributed by atoms with van der Waals surface area (Å²) in [6.07, 6.45) is 5.10. The smallest absolute Gasteiger partial charge is 0.223 e. The van der Waals surface area contributed by atoms with Crippen LogP contribution >= 0.6 is 0 Å². The molecule has 0 saturated carbocycles. The average molecular weight is 209 g/mol. The van der Waals surface area contributed by atoms with E-state index in [2.05, 4.69) is 11.1 Å². The van der Waals surface area contributed by atoms with Crippen molar-refractivity contribution in [3.63, 3.8) is 0 Å². The summed E-state index contributed by atoms with van der Waals surface area (Å²) in [6, 6.07) is 9.39. The van der Waals surface area contributed by atoms with Crippen LogP contribution in [0.15, 0.2) is 47.3 Å². The van der Waals surface area contributed by atoms with Crippen molar-refractivity contribution in [3.05, 3.63) is 48.5 Å². The van der Waals surface area contributed by atoms with Gasteiger partial charge in [0.05, 0.1) is 17.8 Å². The van der Waals surface area contributed by atoms with Crippen molar-refractivity contribution in [1.82, 2.24) is 9.38 Å². The minimum atomic E-state index is 0.642. The molecule has 0 unspecified atom stereocenters. The number of rotatable bonds is 1. The lowest BCUT2D eigenvalue weighted by Crippen LogP contribution is -1.85. The number of fused-ring (bicyclic) bond motifs is 1. The molecular weight excluding hydrogens is 202 g/mol. The largest absolute Gasteiger partial charge is 0.445 e. The van der Waals surface area contributed by atoms with Gasteiger partial charge < -0.3 is 4.42 Å². The number of hydrogen-bond acceptors (Lipinski definition) is 3. The van der Waals surface area contributed by atoms with E-state index in [9.17, 15) is 0 Å². The topological polar surface area (TPSA) is 54.2 Å². The SMILES string of the molecule is N#Cc1ccc(-c2ncc3occn23)cc1. The van der Waals surface area contributed by atoms with E-state index in [1.165, 1.54) is 0 Å². The van der Waals surface area contributed by atoms with Crippen molar-refractivity contribution in [2.75, 3.05) is 0 Å². The molecule has 2 heterocycles. The molecule has 2 aromatic heterocycles. The monoisotopic (exact) mass is 209 g/mol. The molecule has 0 bridgehead atoms. The molecule has 1 aromatic carbocycles. The summed E-state index contributed by atoms with van der Waals surface area (Å²) in [4.78, 5) is 4.27. The highest BCUT2D eigenvalue weighted by Gasteiger charge is 2.07. The Hall–Kier alpha value is -2.54. The fraction of sp³-hybridized carbons (Fsp3) is 0. The van der Waals surface area contributed by atoms with Crippen LogP contribution in [-0.2, 0) is 0 Å². The van der Waals surface area contributed by atoms with Crippen LogP contribution in [0.5, 0.6) is 0 Å². The van der Waals surface area contributed by atoms with Crippen molar-refractivity contribution < 1.29 is 4.42 Å². The van der Waals surface area contributed by atoms with Crippen LogP contribution in [0.4, 0.5) is 0 Å². The van der Waals surface area contributed by atoms with Crippen LogP contribution in [0.1, 0.15) is 5.56 Å². The summed E-state index contributed by atoms with van der Waals surface area (Å²) in [5.41, 5.74) is 2.31. The minimum absolute atomic E-state index is 0.642. The maximum atomic E-state index is 8.71. The zero-order valence-electron chi connectivity index (χ0n) is 8.29. The molecule has 16 heavy (non-hydrogen) atoms. The van der Waals surface area contributed by atoms with Crippen LogP contribution in [0.25, 0.3) is 17.1 Å². The second kappa shape index (κ2) is 3.24. The van der Waals surface area contributed by atoms with Crippen molar-refractivity contribution in [3.8, 4) is 17.5 Å². The number of aromatic nitrogens is 2. The van der Waals surface area contributed by atoms with E-state index in [1.807, 2.05) is 22.7 Å². The Kier molecular flexibility index (Phi) is 1.77. The fourth-order valence-corrected chi connectivity index (χ4v) is 1.64. The molecule has 0 aliphatic carbocycles. The second-order valence-corrected chi connectivity index (χ2v) is 3.38. The molecule has 0 N–H and O–H groups in total. The van der Waals surface area contributed by atoms with Gasteiger partial charge in [0.25, 0.3) is 0 Å². The molecule has 0 radical (unpaired) electrons. The van der Waals surface area contributed by atoms with Gasteiger partial charge in [-0.25, -0.2) is 4.98 Å². The average Bonchev–Trinajstić information content (AvgIpc) is 2.91. The number of nitrogens with zero attached hydrogens (tertiary/aromatic N) is 3. The molecule has 0 aliphatic heterocycles. The third-order valence-electron chi connectivity index (χ3n) is 2.43. The summed E-state index contributed by atoms with van der Waals surface area (Å²) in [5.74, 6) is 0.813. The molecule has 4 nitrogen and oxygen atoms in total. The van der Waals surface area contributed by atoms with Gasteiger partial charge in [0.2, 0.25) is 5.71 Å². The Balaban J connectivity index is 2.16. The van der Waals surface area contributed by atoms with Crippen molar-refractivity contribution in [2.24, 2.45) is 0 Å². The number of hydrogen-bond donors (Lipinski definition) is 0. The van der Waals surface area contributed by atoms with Crippen LogP contribution in [0.2, 0.25) is 0 Å². The van der Waals surface area contributed by atoms with E-state index in [0.29, 0.717) is 11.3 Å². The molecular formula is C12H7N3O. The molecule has 0 spiro atoms. The van der Waals surface area contributed by atoms with Gasteiger partial charge >= 0.3 is 0 Å². The van der Waals surface area contributed by atoms with Gasteiger partial charge in [0.1, 0.15) is 12.1 Å². The summed E-state index contributed by atoms with van der Waals surface area (Å²) >= 11 is 0. The molecule has 0 aliphatic rings. The molecule has 76 valence electrons. The van der Waals surface area contributed by atoms with Crippen molar-refractivity contribution >= 4 is 5.71 Å². The van der Waals surface area contributed by atoms with Gasteiger partial charge in [-0.3, -0.25) is 4.40 Å². The maximum absolute atomic E-state index is 8.71. The Morgan fingerprint density at radius 2 is 2.06 bits per heavy atom.